The van der Waals surface area contributed by atoms with Gasteiger partial charge in [0, 0.05) is 17.5 Å². The number of fused-ring (bicyclic) bond motifs is 1. The van der Waals surface area contributed by atoms with Crippen LogP contribution in [0.25, 0.3) is 11.1 Å². The minimum Gasteiger partial charge on any atom is -0.506 e. The largest absolute Gasteiger partial charge is 0.506 e. The minimum atomic E-state index is -0.827. The number of phenols is 1. The lowest BCUT2D eigenvalue weighted by Crippen LogP contribution is -2.19. The number of halogens is 1. The van der Waals surface area contributed by atoms with Crippen molar-refractivity contribution in [2.45, 2.75) is 33.3 Å². The van der Waals surface area contributed by atoms with Crippen molar-refractivity contribution in [3.63, 3.8) is 0 Å². The van der Waals surface area contributed by atoms with Gasteiger partial charge in [-0.3, -0.25) is 4.79 Å². The average molecular weight is 453 g/mol. The number of aryl methyl sites for hydroxylation is 1. The minimum absolute atomic E-state index is 0.0868. The monoisotopic (exact) mass is 452 g/mol. The van der Waals surface area contributed by atoms with Crippen LogP contribution in [0.5, 0.6) is 17.2 Å². The van der Waals surface area contributed by atoms with E-state index in [9.17, 15) is 15.0 Å². The number of hydrogen-bond donors (Lipinski definition) is 2. The maximum absolute atomic E-state index is 11.3. The molecule has 1 aliphatic heterocycles. The van der Waals surface area contributed by atoms with Crippen LogP contribution < -0.4 is 9.47 Å². The molecule has 5 nitrogen and oxygen atoms in total. The second kappa shape index (κ2) is 8.75. The first kappa shape index (κ1) is 22.0. The third kappa shape index (κ3) is 4.13. The molecular formula is C26H25ClO5. The summed E-state index contributed by atoms with van der Waals surface area (Å²) >= 11 is 6.26. The van der Waals surface area contributed by atoms with Gasteiger partial charge in [-0.05, 0) is 59.9 Å². The molecule has 0 saturated carbocycles. The summed E-state index contributed by atoms with van der Waals surface area (Å²) in [4.78, 5) is 11.3. The van der Waals surface area contributed by atoms with Crippen LogP contribution in [0.4, 0.5) is 0 Å². The Balaban J connectivity index is 1.52. The quantitative estimate of drug-likeness (QED) is 0.472. The summed E-state index contributed by atoms with van der Waals surface area (Å²) in [7, 11) is 0. The Hall–Kier alpha value is -3.18. The van der Waals surface area contributed by atoms with Crippen LogP contribution in [0.15, 0.2) is 48.5 Å². The fraction of sp³-hybridized carbons (Fsp3) is 0.269. The SMILES string of the molecule is Cc1cc(O)c(Cl)c(C)c1-c1cccc(COc2ccc3c(c2)OC[C@H]3C(C)C(=O)O)c1. The lowest BCUT2D eigenvalue weighted by atomic mass is 9.89. The zero-order valence-corrected chi connectivity index (χ0v) is 18.9. The Kier molecular flexibility index (Phi) is 6.02. The highest BCUT2D eigenvalue weighted by Crippen LogP contribution is 2.41. The first-order valence-corrected chi connectivity index (χ1v) is 10.8. The van der Waals surface area contributed by atoms with E-state index in [0.717, 1.165) is 33.4 Å². The van der Waals surface area contributed by atoms with Crippen molar-refractivity contribution in [1.29, 1.82) is 0 Å². The molecule has 0 fully saturated rings. The van der Waals surface area contributed by atoms with E-state index in [1.807, 2.05) is 50.2 Å². The first-order chi connectivity index (χ1) is 15.3. The maximum atomic E-state index is 11.3. The number of phenolic OH excluding ortho intramolecular Hbond substituents is 1. The number of hydrogen-bond acceptors (Lipinski definition) is 4. The van der Waals surface area contributed by atoms with Gasteiger partial charge in [-0.15, -0.1) is 0 Å². The molecule has 0 aliphatic carbocycles. The van der Waals surface area contributed by atoms with E-state index in [2.05, 4.69) is 6.07 Å². The summed E-state index contributed by atoms with van der Waals surface area (Å²) in [6, 6.07) is 15.3. The number of carboxylic acid groups (broad SMARTS) is 1. The highest BCUT2D eigenvalue weighted by molar-refractivity contribution is 6.33. The van der Waals surface area contributed by atoms with E-state index in [-0.39, 0.29) is 11.7 Å². The molecule has 0 amide bonds. The molecule has 1 aliphatic rings. The Labute approximate surface area is 192 Å². The van der Waals surface area contributed by atoms with Crippen LogP contribution in [0.3, 0.4) is 0 Å². The topological polar surface area (TPSA) is 76.0 Å². The third-order valence-electron chi connectivity index (χ3n) is 6.09. The van der Waals surface area contributed by atoms with Crippen LogP contribution in [0.1, 0.15) is 35.1 Å². The predicted octanol–water partition coefficient (Wildman–Crippen LogP) is 6.11. The van der Waals surface area contributed by atoms with E-state index in [4.69, 9.17) is 21.1 Å². The van der Waals surface area contributed by atoms with Gasteiger partial charge in [0.15, 0.2) is 0 Å². The second-order valence-corrected chi connectivity index (χ2v) is 8.64. The van der Waals surface area contributed by atoms with Crippen molar-refractivity contribution in [3.05, 3.63) is 75.8 Å². The highest BCUT2D eigenvalue weighted by Gasteiger charge is 2.33. The Morgan fingerprint density at radius 2 is 2.00 bits per heavy atom. The third-order valence-corrected chi connectivity index (χ3v) is 6.57. The van der Waals surface area contributed by atoms with Crippen molar-refractivity contribution in [1.82, 2.24) is 0 Å². The van der Waals surface area contributed by atoms with Gasteiger partial charge in [0.2, 0.25) is 0 Å². The van der Waals surface area contributed by atoms with Crippen LogP contribution in [0, 0.1) is 19.8 Å². The fourth-order valence-electron chi connectivity index (χ4n) is 4.26. The number of aromatic hydroxyl groups is 1. The number of carboxylic acids is 1. The van der Waals surface area contributed by atoms with Crippen molar-refractivity contribution in [2.75, 3.05) is 6.61 Å². The molecule has 1 unspecified atom stereocenters. The normalized spacial score (nSPS) is 15.7. The average Bonchev–Trinajstić information content (AvgIpc) is 3.19. The first-order valence-electron chi connectivity index (χ1n) is 10.5. The predicted molar refractivity (Wildman–Crippen MR) is 124 cm³/mol. The van der Waals surface area contributed by atoms with Crippen LogP contribution in [-0.4, -0.2) is 22.8 Å². The molecule has 4 rings (SSSR count). The molecule has 2 atom stereocenters. The molecule has 2 N–H and O–H groups in total. The fourth-order valence-corrected chi connectivity index (χ4v) is 4.41. The summed E-state index contributed by atoms with van der Waals surface area (Å²) in [5, 5.41) is 19.6. The molecule has 32 heavy (non-hydrogen) atoms. The number of benzene rings is 3. The Morgan fingerprint density at radius 3 is 2.75 bits per heavy atom. The summed E-state index contributed by atoms with van der Waals surface area (Å²) in [5.41, 5.74) is 5.69. The Morgan fingerprint density at radius 1 is 1.22 bits per heavy atom. The second-order valence-electron chi connectivity index (χ2n) is 8.26. The Bertz CT molecular complexity index is 1190. The number of aliphatic carboxylic acids is 1. The van der Waals surface area contributed by atoms with E-state index >= 15 is 0 Å². The molecule has 6 heteroatoms. The van der Waals surface area contributed by atoms with E-state index in [1.165, 1.54) is 0 Å². The van der Waals surface area contributed by atoms with Gasteiger partial charge >= 0.3 is 5.97 Å². The zero-order chi connectivity index (χ0) is 23.0. The van der Waals surface area contributed by atoms with Gasteiger partial charge in [0.05, 0.1) is 17.5 Å². The smallest absolute Gasteiger partial charge is 0.306 e. The standard InChI is InChI=1S/C26H25ClO5/c1-14-9-22(28)25(27)16(3)24(14)18-6-4-5-17(10-18)12-31-19-7-8-20-21(15(2)26(29)30)13-32-23(20)11-19/h4-11,15,21,28H,12-13H2,1-3H3,(H,29,30)/t15?,21-/m0/s1. The van der Waals surface area contributed by atoms with Crippen molar-refractivity contribution in [2.24, 2.45) is 5.92 Å². The molecule has 0 bridgehead atoms. The molecule has 0 radical (unpaired) electrons. The van der Waals surface area contributed by atoms with E-state index < -0.39 is 11.9 Å². The van der Waals surface area contributed by atoms with Crippen LogP contribution >= 0.6 is 11.6 Å². The van der Waals surface area contributed by atoms with Gasteiger partial charge in [-0.1, -0.05) is 42.8 Å². The van der Waals surface area contributed by atoms with Crippen molar-refractivity contribution in [3.8, 4) is 28.4 Å². The number of carbonyl (C=O) groups is 1. The molecule has 3 aromatic carbocycles. The summed E-state index contributed by atoms with van der Waals surface area (Å²) in [6.07, 6.45) is 0. The van der Waals surface area contributed by atoms with Gasteiger partial charge < -0.3 is 19.7 Å². The number of ether oxygens (including phenoxy) is 2. The van der Waals surface area contributed by atoms with Crippen molar-refractivity contribution < 1.29 is 24.5 Å². The summed E-state index contributed by atoms with van der Waals surface area (Å²) < 4.78 is 11.7. The zero-order valence-electron chi connectivity index (χ0n) is 18.2. The molecule has 0 saturated heterocycles. The summed E-state index contributed by atoms with van der Waals surface area (Å²) in [5.74, 6) is -0.0594. The van der Waals surface area contributed by atoms with Gasteiger partial charge in [-0.2, -0.15) is 0 Å². The van der Waals surface area contributed by atoms with Gasteiger partial charge in [-0.25, -0.2) is 0 Å². The number of rotatable bonds is 6. The molecule has 1 heterocycles. The lowest BCUT2D eigenvalue weighted by molar-refractivity contribution is -0.142. The van der Waals surface area contributed by atoms with Crippen molar-refractivity contribution >= 4 is 17.6 Å². The lowest BCUT2D eigenvalue weighted by Gasteiger charge is -2.15. The van der Waals surface area contributed by atoms with Crippen LogP contribution in [0.2, 0.25) is 5.02 Å². The van der Waals surface area contributed by atoms with E-state index in [1.54, 1.807) is 13.0 Å². The summed E-state index contributed by atoms with van der Waals surface area (Å²) in [6.45, 7) is 6.28. The molecule has 3 aromatic rings. The molecule has 166 valence electrons. The molecule has 0 aromatic heterocycles. The van der Waals surface area contributed by atoms with Gasteiger partial charge in [0.25, 0.3) is 0 Å². The molecule has 0 spiro atoms. The van der Waals surface area contributed by atoms with E-state index in [0.29, 0.717) is 29.7 Å². The van der Waals surface area contributed by atoms with Crippen LogP contribution in [-0.2, 0) is 11.4 Å². The maximum Gasteiger partial charge on any atom is 0.306 e. The molecular weight excluding hydrogens is 428 g/mol. The van der Waals surface area contributed by atoms with Gasteiger partial charge in [0.1, 0.15) is 23.9 Å². The highest BCUT2D eigenvalue weighted by atomic mass is 35.5.